The van der Waals surface area contributed by atoms with E-state index in [1.807, 2.05) is 60.7 Å². The molecule has 0 aliphatic carbocycles. The molecule has 3 aromatic rings. The Bertz CT molecular complexity index is 910. The smallest absolute Gasteiger partial charge is 0.362 e. The van der Waals surface area contributed by atoms with Crippen molar-refractivity contribution in [3.05, 3.63) is 95.1 Å². The molecule has 0 heterocycles. The topological polar surface area (TPSA) is 76.0 Å². The van der Waals surface area contributed by atoms with Gasteiger partial charge in [0.2, 0.25) is 0 Å². The van der Waals surface area contributed by atoms with E-state index in [0.29, 0.717) is 10.9 Å². The molecular weight excluding hydrogens is 375 g/mol. The van der Waals surface area contributed by atoms with E-state index in [1.165, 1.54) is 6.07 Å². The minimum absolute atomic E-state index is 0.0241. The molecule has 0 unspecified atom stereocenters. The van der Waals surface area contributed by atoms with Crippen LogP contribution in [0.3, 0.4) is 0 Å². The molecule has 0 fully saturated rings. The first kappa shape index (κ1) is 20.3. The van der Waals surface area contributed by atoms with Crippen molar-refractivity contribution in [3.63, 3.8) is 0 Å². The van der Waals surface area contributed by atoms with Gasteiger partial charge in [0.1, 0.15) is 5.75 Å². The van der Waals surface area contributed by atoms with E-state index in [4.69, 9.17) is 9.05 Å². The summed E-state index contributed by atoms with van der Waals surface area (Å²) in [5.41, 5.74) is 2.50. The summed E-state index contributed by atoms with van der Waals surface area (Å²) < 4.78 is 25.3. The zero-order valence-corrected chi connectivity index (χ0v) is 16.5. The molecule has 0 bridgehead atoms. The Morgan fingerprint density at radius 3 is 1.82 bits per heavy atom. The van der Waals surface area contributed by atoms with Crippen molar-refractivity contribution in [1.82, 2.24) is 0 Å². The summed E-state index contributed by atoms with van der Waals surface area (Å²) in [6.45, 7) is 1.52. The van der Waals surface area contributed by atoms with Crippen LogP contribution in [0.25, 0.3) is 0 Å². The van der Waals surface area contributed by atoms with Crippen molar-refractivity contribution in [2.24, 2.45) is 0 Å². The van der Waals surface area contributed by atoms with Crippen LogP contribution in [0.5, 0.6) is 5.75 Å². The molecule has 28 heavy (non-hydrogen) atoms. The lowest BCUT2D eigenvalue weighted by Crippen LogP contribution is -2.13. The highest BCUT2D eigenvalue weighted by atomic mass is 31.2. The number of hydrogen-bond acceptors (Lipinski definition) is 5. The highest BCUT2D eigenvalue weighted by Gasteiger charge is 2.29. The summed E-state index contributed by atoms with van der Waals surface area (Å²) in [7, 11) is -3.71. The van der Waals surface area contributed by atoms with Crippen LogP contribution < -0.4 is 5.30 Å². The maximum absolute atomic E-state index is 13.7. The van der Waals surface area contributed by atoms with Gasteiger partial charge in [-0.1, -0.05) is 60.7 Å². The second-order valence-corrected chi connectivity index (χ2v) is 8.47. The average Bonchev–Trinajstić information content (AvgIpc) is 2.74. The van der Waals surface area contributed by atoms with Gasteiger partial charge < -0.3 is 19.3 Å². The third-order valence-corrected chi connectivity index (χ3v) is 6.17. The van der Waals surface area contributed by atoms with Gasteiger partial charge in [0.25, 0.3) is 0 Å². The number of aliphatic hydroxyl groups is 1. The minimum Gasteiger partial charge on any atom is -0.507 e. The molecule has 5 nitrogen and oxygen atoms in total. The van der Waals surface area contributed by atoms with Gasteiger partial charge in [0.05, 0.1) is 25.1 Å². The summed E-state index contributed by atoms with van der Waals surface area (Å²) in [6.07, 6.45) is 0. The SMILES string of the molecule is Cc1cc(P(=O)(OCc2ccccc2)OCc2ccccc2)cc(CO)c1O. The standard InChI is InChI=1S/C22H23O5P/c1-17-12-21(13-20(14-23)22(17)24)28(25,26-15-18-8-4-2-5-9-18)27-16-19-10-6-3-7-11-19/h2-13,23-24H,14-16H2,1H3. The predicted octanol–water partition coefficient (Wildman–Crippen LogP) is 4.44. The second kappa shape index (κ2) is 9.18. The van der Waals surface area contributed by atoms with Gasteiger partial charge in [-0.25, -0.2) is 0 Å². The van der Waals surface area contributed by atoms with Gasteiger partial charge in [-0.2, -0.15) is 0 Å². The monoisotopic (exact) mass is 398 g/mol. The van der Waals surface area contributed by atoms with E-state index in [2.05, 4.69) is 0 Å². The molecule has 0 aromatic heterocycles. The van der Waals surface area contributed by atoms with E-state index < -0.39 is 7.60 Å². The molecule has 2 N–H and O–H groups in total. The molecule has 0 saturated carbocycles. The second-order valence-electron chi connectivity index (χ2n) is 6.44. The molecular formula is C22H23O5P. The van der Waals surface area contributed by atoms with Gasteiger partial charge in [-0.15, -0.1) is 0 Å². The Balaban J connectivity index is 1.91. The third kappa shape index (κ3) is 4.89. The number of aryl methyl sites for hydroxylation is 1. The summed E-state index contributed by atoms with van der Waals surface area (Å²) in [4.78, 5) is 0. The van der Waals surface area contributed by atoms with Crippen molar-refractivity contribution < 1.29 is 23.8 Å². The zero-order valence-electron chi connectivity index (χ0n) is 15.6. The van der Waals surface area contributed by atoms with Crippen molar-refractivity contribution in [3.8, 4) is 5.75 Å². The molecule has 0 spiro atoms. The lowest BCUT2D eigenvalue weighted by molar-refractivity contribution is 0.200. The van der Waals surface area contributed by atoms with Crippen LogP contribution in [0.4, 0.5) is 0 Å². The molecule has 0 radical (unpaired) electrons. The fourth-order valence-corrected chi connectivity index (χ4v) is 4.44. The number of aromatic hydroxyl groups is 1. The first-order valence-electron chi connectivity index (χ1n) is 8.93. The molecule has 0 aliphatic heterocycles. The molecule has 3 aromatic carbocycles. The van der Waals surface area contributed by atoms with Crippen LogP contribution in [0.15, 0.2) is 72.8 Å². The van der Waals surface area contributed by atoms with Gasteiger partial charge in [0.15, 0.2) is 0 Å². The fraction of sp³-hybridized carbons (Fsp3) is 0.182. The van der Waals surface area contributed by atoms with Crippen LogP contribution >= 0.6 is 7.60 Å². The minimum atomic E-state index is -3.71. The van der Waals surface area contributed by atoms with E-state index in [1.54, 1.807) is 13.0 Å². The normalized spacial score (nSPS) is 11.5. The van der Waals surface area contributed by atoms with E-state index in [9.17, 15) is 14.8 Å². The van der Waals surface area contributed by atoms with E-state index in [0.717, 1.165) is 11.1 Å². The molecule has 0 amide bonds. The van der Waals surface area contributed by atoms with Gasteiger partial charge >= 0.3 is 7.60 Å². The van der Waals surface area contributed by atoms with Crippen molar-refractivity contribution in [2.45, 2.75) is 26.7 Å². The highest BCUT2D eigenvalue weighted by molar-refractivity contribution is 7.62. The lowest BCUT2D eigenvalue weighted by atomic mass is 10.1. The van der Waals surface area contributed by atoms with E-state index in [-0.39, 0.29) is 31.1 Å². The number of rotatable bonds is 8. The third-order valence-electron chi connectivity index (χ3n) is 4.34. The van der Waals surface area contributed by atoms with Crippen molar-refractivity contribution in [1.29, 1.82) is 0 Å². The molecule has 6 heteroatoms. The summed E-state index contributed by atoms with van der Waals surface area (Å²) in [6, 6.07) is 21.9. The fourth-order valence-electron chi connectivity index (χ4n) is 2.76. The van der Waals surface area contributed by atoms with Crippen LogP contribution in [0.1, 0.15) is 22.3 Å². The van der Waals surface area contributed by atoms with Gasteiger partial charge in [-0.3, -0.25) is 4.57 Å². The van der Waals surface area contributed by atoms with Crippen LogP contribution in [0, 0.1) is 6.92 Å². The molecule has 0 saturated heterocycles. The summed E-state index contributed by atoms with van der Waals surface area (Å²) in [5, 5.41) is 19.9. The first-order chi connectivity index (χ1) is 13.5. The lowest BCUT2D eigenvalue weighted by Gasteiger charge is -2.21. The van der Waals surface area contributed by atoms with Crippen LogP contribution in [0.2, 0.25) is 0 Å². The molecule has 146 valence electrons. The zero-order chi connectivity index (χ0) is 20.0. The molecule has 0 atom stereocenters. The van der Waals surface area contributed by atoms with Crippen molar-refractivity contribution >= 4 is 12.9 Å². The Hall–Kier alpha value is -2.43. The Morgan fingerprint density at radius 1 is 0.857 bits per heavy atom. The average molecular weight is 398 g/mol. The maximum Gasteiger partial charge on any atom is 0.362 e. The number of phenols is 1. The van der Waals surface area contributed by atoms with Crippen molar-refractivity contribution in [2.75, 3.05) is 0 Å². The van der Waals surface area contributed by atoms with Gasteiger partial charge in [-0.05, 0) is 35.7 Å². The van der Waals surface area contributed by atoms with Crippen LogP contribution in [-0.4, -0.2) is 10.2 Å². The number of benzene rings is 3. The Kier molecular flexibility index (Phi) is 6.65. The molecule has 3 rings (SSSR count). The largest absolute Gasteiger partial charge is 0.507 e. The summed E-state index contributed by atoms with van der Waals surface area (Å²) in [5.74, 6) is -0.0241. The first-order valence-corrected chi connectivity index (χ1v) is 10.5. The molecule has 0 aliphatic rings. The Morgan fingerprint density at radius 2 is 1.36 bits per heavy atom. The Labute approximate surface area is 164 Å². The highest BCUT2D eigenvalue weighted by Crippen LogP contribution is 2.49. The predicted molar refractivity (Wildman–Crippen MR) is 108 cm³/mol. The van der Waals surface area contributed by atoms with E-state index >= 15 is 0 Å². The van der Waals surface area contributed by atoms with Crippen LogP contribution in [-0.2, 0) is 33.4 Å². The quantitative estimate of drug-likeness (QED) is 0.549. The maximum atomic E-state index is 13.7. The van der Waals surface area contributed by atoms with Gasteiger partial charge in [0, 0.05) is 5.56 Å². The number of hydrogen-bond donors (Lipinski definition) is 2. The number of aliphatic hydroxyl groups excluding tert-OH is 1. The summed E-state index contributed by atoms with van der Waals surface area (Å²) >= 11 is 0.